The minimum atomic E-state index is -0.442. The van der Waals surface area contributed by atoms with Crippen LogP contribution in [0.2, 0.25) is 0 Å². The van der Waals surface area contributed by atoms with Gasteiger partial charge in [0.2, 0.25) is 11.8 Å². The van der Waals surface area contributed by atoms with E-state index in [1.807, 2.05) is 0 Å². The first-order chi connectivity index (χ1) is 8.63. The molecule has 0 unspecified atom stereocenters. The van der Waals surface area contributed by atoms with E-state index in [1.165, 1.54) is 0 Å². The van der Waals surface area contributed by atoms with Gasteiger partial charge in [-0.2, -0.15) is 0 Å². The van der Waals surface area contributed by atoms with Crippen molar-refractivity contribution in [3.8, 4) is 12.3 Å². The SMILES string of the molecule is C#CCNCC(=O)Nc1ccccc1CC(N)=O. The predicted molar refractivity (Wildman–Crippen MR) is 69.7 cm³/mol. The van der Waals surface area contributed by atoms with Crippen molar-refractivity contribution in [2.24, 2.45) is 5.73 Å². The molecule has 1 aromatic carbocycles. The molecule has 5 heteroatoms. The summed E-state index contributed by atoms with van der Waals surface area (Å²) in [5, 5.41) is 5.47. The second kappa shape index (κ2) is 7.09. The lowest BCUT2D eigenvalue weighted by molar-refractivity contribution is -0.117. The van der Waals surface area contributed by atoms with Crippen LogP contribution in [-0.2, 0) is 16.0 Å². The summed E-state index contributed by atoms with van der Waals surface area (Å²) >= 11 is 0. The normalized spacial score (nSPS) is 9.50. The monoisotopic (exact) mass is 245 g/mol. The molecule has 1 rings (SSSR count). The summed E-state index contributed by atoms with van der Waals surface area (Å²) in [4.78, 5) is 22.5. The molecule has 2 amide bonds. The van der Waals surface area contributed by atoms with Crippen LogP contribution in [0.25, 0.3) is 0 Å². The molecule has 4 N–H and O–H groups in total. The van der Waals surface area contributed by atoms with E-state index in [2.05, 4.69) is 16.6 Å². The van der Waals surface area contributed by atoms with Gasteiger partial charge in [-0.1, -0.05) is 24.1 Å². The minimum Gasteiger partial charge on any atom is -0.369 e. The van der Waals surface area contributed by atoms with Crippen molar-refractivity contribution in [1.82, 2.24) is 5.32 Å². The standard InChI is InChI=1S/C13H15N3O2/c1-2-7-15-9-13(18)16-11-6-4-3-5-10(11)8-12(14)17/h1,3-6,15H,7-9H2,(H2,14,17)(H,16,18). The molecule has 0 heterocycles. The molecule has 0 bridgehead atoms. The number of primary amides is 1. The summed E-state index contributed by atoms with van der Waals surface area (Å²) in [5.74, 6) is 1.71. The van der Waals surface area contributed by atoms with Crippen molar-refractivity contribution in [3.63, 3.8) is 0 Å². The van der Waals surface area contributed by atoms with E-state index >= 15 is 0 Å². The average Bonchev–Trinajstić information content (AvgIpc) is 2.31. The number of rotatable bonds is 6. The molecule has 0 saturated carbocycles. The van der Waals surface area contributed by atoms with E-state index in [0.717, 1.165) is 0 Å². The molecule has 1 aromatic rings. The van der Waals surface area contributed by atoms with E-state index < -0.39 is 5.91 Å². The Bertz CT molecular complexity index is 477. The van der Waals surface area contributed by atoms with Crippen molar-refractivity contribution in [2.45, 2.75) is 6.42 Å². The number of amides is 2. The second-order valence-electron chi connectivity index (χ2n) is 3.66. The number of anilines is 1. The number of carbonyl (C=O) groups excluding carboxylic acids is 2. The van der Waals surface area contributed by atoms with Crippen LogP contribution in [0.1, 0.15) is 5.56 Å². The molecule has 5 nitrogen and oxygen atoms in total. The highest BCUT2D eigenvalue weighted by Gasteiger charge is 2.07. The van der Waals surface area contributed by atoms with Crippen LogP contribution < -0.4 is 16.4 Å². The van der Waals surface area contributed by atoms with Crippen LogP contribution in [-0.4, -0.2) is 24.9 Å². The summed E-state index contributed by atoms with van der Waals surface area (Å²) in [7, 11) is 0. The van der Waals surface area contributed by atoms with E-state index in [-0.39, 0.29) is 18.9 Å². The fourth-order valence-electron chi connectivity index (χ4n) is 1.43. The Morgan fingerprint density at radius 1 is 1.33 bits per heavy atom. The topological polar surface area (TPSA) is 84.2 Å². The van der Waals surface area contributed by atoms with Gasteiger partial charge in [-0.15, -0.1) is 6.42 Å². The molecule has 0 aliphatic carbocycles. The first-order valence-electron chi connectivity index (χ1n) is 5.43. The maximum absolute atomic E-state index is 11.6. The Morgan fingerprint density at radius 2 is 2.06 bits per heavy atom. The quantitative estimate of drug-likeness (QED) is 0.482. The lowest BCUT2D eigenvalue weighted by Gasteiger charge is -2.09. The molecule has 0 radical (unpaired) electrons. The summed E-state index contributed by atoms with van der Waals surface area (Å²) in [6.07, 6.45) is 5.14. The number of benzene rings is 1. The van der Waals surface area contributed by atoms with Gasteiger partial charge in [-0.25, -0.2) is 0 Å². The van der Waals surface area contributed by atoms with E-state index in [4.69, 9.17) is 12.2 Å². The predicted octanol–water partition coefficient (Wildman–Crippen LogP) is -0.124. The van der Waals surface area contributed by atoms with Crippen LogP contribution in [0.4, 0.5) is 5.69 Å². The van der Waals surface area contributed by atoms with E-state index in [9.17, 15) is 9.59 Å². The fourth-order valence-corrected chi connectivity index (χ4v) is 1.43. The Hall–Kier alpha value is -2.32. The molecule has 0 aliphatic heterocycles. The van der Waals surface area contributed by atoms with Crippen molar-refractivity contribution in [2.75, 3.05) is 18.4 Å². The van der Waals surface area contributed by atoms with Crippen LogP contribution in [0, 0.1) is 12.3 Å². The largest absolute Gasteiger partial charge is 0.369 e. The zero-order valence-electron chi connectivity index (χ0n) is 9.90. The fraction of sp³-hybridized carbons (Fsp3) is 0.231. The summed E-state index contributed by atoms with van der Waals surface area (Å²) < 4.78 is 0. The maximum Gasteiger partial charge on any atom is 0.238 e. The van der Waals surface area contributed by atoms with Gasteiger partial charge in [-0.3, -0.25) is 14.9 Å². The third-order valence-electron chi connectivity index (χ3n) is 2.17. The van der Waals surface area contributed by atoms with Gasteiger partial charge in [-0.05, 0) is 11.6 Å². The number of nitrogens with one attached hydrogen (secondary N) is 2. The summed E-state index contributed by atoms with van der Waals surface area (Å²) in [5.41, 5.74) is 6.41. The molecule has 0 aliphatic rings. The molecule has 0 atom stereocenters. The van der Waals surface area contributed by atoms with Crippen LogP contribution >= 0.6 is 0 Å². The molecule has 18 heavy (non-hydrogen) atoms. The Labute approximate surface area is 106 Å². The molecular formula is C13H15N3O2. The van der Waals surface area contributed by atoms with Gasteiger partial charge in [0.15, 0.2) is 0 Å². The number of nitrogens with two attached hydrogens (primary N) is 1. The Kier molecular flexibility index (Phi) is 5.42. The van der Waals surface area contributed by atoms with Crippen LogP contribution in [0.15, 0.2) is 24.3 Å². The maximum atomic E-state index is 11.6. The number of para-hydroxylation sites is 1. The highest BCUT2D eigenvalue weighted by Crippen LogP contribution is 2.15. The molecular weight excluding hydrogens is 230 g/mol. The number of hydrogen-bond donors (Lipinski definition) is 3. The zero-order chi connectivity index (χ0) is 13.4. The minimum absolute atomic E-state index is 0.0915. The van der Waals surface area contributed by atoms with Gasteiger partial charge in [0.05, 0.1) is 19.5 Å². The third-order valence-corrected chi connectivity index (χ3v) is 2.17. The summed E-state index contributed by atoms with van der Waals surface area (Å²) in [6.45, 7) is 0.450. The molecule has 0 spiro atoms. The molecule has 0 fully saturated rings. The zero-order valence-corrected chi connectivity index (χ0v) is 9.90. The number of hydrogen-bond acceptors (Lipinski definition) is 3. The molecule has 0 saturated heterocycles. The smallest absolute Gasteiger partial charge is 0.238 e. The number of carbonyl (C=O) groups is 2. The van der Waals surface area contributed by atoms with Gasteiger partial charge < -0.3 is 11.1 Å². The van der Waals surface area contributed by atoms with Crippen LogP contribution in [0.5, 0.6) is 0 Å². The highest BCUT2D eigenvalue weighted by molar-refractivity contribution is 5.93. The van der Waals surface area contributed by atoms with Gasteiger partial charge in [0, 0.05) is 5.69 Å². The number of terminal acetylenes is 1. The summed E-state index contributed by atoms with van der Waals surface area (Å²) in [6, 6.07) is 7.02. The molecule has 0 aromatic heterocycles. The molecule has 94 valence electrons. The van der Waals surface area contributed by atoms with E-state index in [1.54, 1.807) is 24.3 Å². The first kappa shape index (κ1) is 13.7. The van der Waals surface area contributed by atoms with Crippen LogP contribution in [0.3, 0.4) is 0 Å². The third kappa shape index (κ3) is 4.68. The first-order valence-corrected chi connectivity index (χ1v) is 5.43. The lowest BCUT2D eigenvalue weighted by atomic mass is 10.1. The Balaban J connectivity index is 2.63. The van der Waals surface area contributed by atoms with Crippen molar-refractivity contribution < 1.29 is 9.59 Å². The van der Waals surface area contributed by atoms with Crippen molar-refractivity contribution in [1.29, 1.82) is 0 Å². The Morgan fingerprint density at radius 3 is 2.72 bits per heavy atom. The van der Waals surface area contributed by atoms with Gasteiger partial charge in [0.25, 0.3) is 0 Å². The lowest BCUT2D eigenvalue weighted by Crippen LogP contribution is -2.28. The van der Waals surface area contributed by atoms with Crippen molar-refractivity contribution >= 4 is 17.5 Å². The van der Waals surface area contributed by atoms with Gasteiger partial charge >= 0.3 is 0 Å². The van der Waals surface area contributed by atoms with Gasteiger partial charge in [0.1, 0.15) is 0 Å². The van der Waals surface area contributed by atoms with E-state index in [0.29, 0.717) is 17.8 Å². The van der Waals surface area contributed by atoms with Crippen molar-refractivity contribution in [3.05, 3.63) is 29.8 Å². The average molecular weight is 245 g/mol. The highest BCUT2D eigenvalue weighted by atomic mass is 16.2. The second-order valence-corrected chi connectivity index (χ2v) is 3.66.